The number of nitrogens with zero attached hydrogens (tertiary/aromatic N) is 2. The first-order valence-corrected chi connectivity index (χ1v) is 15.8. The number of thioether (sulfide) groups is 1. The average Bonchev–Trinajstić information content (AvgIpc) is 2.97. The first-order chi connectivity index (χ1) is 18.9. The van der Waals surface area contributed by atoms with Gasteiger partial charge >= 0.3 is 0 Å². The zero-order valence-electron chi connectivity index (χ0n) is 22.5. The van der Waals surface area contributed by atoms with E-state index in [1.165, 1.54) is 100 Å². The molecule has 2 aliphatic rings. The second-order valence-electron chi connectivity index (χ2n) is 10.8. The largest absolute Gasteiger partial charge is 0.384 e. The first-order valence-electron chi connectivity index (χ1n) is 14.8. The Morgan fingerprint density at radius 1 is 0.632 bits per heavy atom. The summed E-state index contributed by atoms with van der Waals surface area (Å²) in [5.41, 5.74) is 9.31. The van der Waals surface area contributed by atoms with E-state index in [4.69, 9.17) is 9.97 Å². The quantitative estimate of drug-likeness (QED) is 0.157. The van der Waals surface area contributed by atoms with Gasteiger partial charge in [0.25, 0.3) is 0 Å². The van der Waals surface area contributed by atoms with E-state index in [1.54, 1.807) is 0 Å². The predicted octanol–water partition coefficient (Wildman–Crippen LogP) is 7.50. The van der Waals surface area contributed by atoms with Crippen LogP contribution in [-0.4, -0.2) is 35.4 Å². The molecule has 0 saturated heterocycles. The van der Waals surface area contributed by atoms with Crippen molar-refractivity contribution in [3.8, 4) is 0 Å². The Morgan fingerprint density at radius 2 is 1.26 bits per heavy atom. The summed E-state index contributed by atoms with van der Waals surface area (Å²) >= 11 is 2.06. The smallest absolute Gasteiger partial charge is 0.0726 e. The first kappa shape index (κ1) is 25.6. The Kier molecular flexibility index (Phi) is 8.42. The number of pyridine rings is 2. The summed E-state index contributed by atoms with van der Waals surface area (Å²) < 4.78 is 0. The number of rotatable bonds is 11. The Bertz CT molecular complexity index is 1290. The molecule has 0 unspecified atom stereocenters. The average molecular weight is 525 g/mol. The summed E-state index contributed by atoms with van der Waals surface area (Å²) in [4.78, 5) is 11.5. The lowest BCUT2D eigenvalue weighted by molar-refractivity contribution is 0.627. The molecule has 0 atom stereocenters. The molecule has 2 aromatic carbocycles. The standard InChI is InChI=1S/C33H40N4S/c1-5-16-28-24(12-1)32(25-13-2-6-17-29(25)36-28)35-22-11-21-34-20-9-10-23-38-33-26-14-3-7-18-30(26)37-31-19-8-4-15-27(31)33/h1,3,5,7,12,14,16,18,34H,2,4,6,8-11,13,15,17,19-23H2,(H,35,36). The van der Waals surface area contributed by atoms with E-state index < -0.39 is 0 Å². The third-order valence-electron chi connectivity index (χ3n) is 8.11. The third kappa shape index (κ3) is 5.69. The SMILES string of the molecule is c1ccc2c(NCCCNCCCCSc3c4c(nc5ccccc35)CCCC4)c3c(nc2c1)CCCC3. The molecule has 2 aliphatic carbocycles. The minimum Gasteiger partial charge on any atom is -0.384 e. The highest BCUT2D eigenvalue weighted by Crippen LogP contribution is 2.36. The molecule has 2 aromatic heterocycles. The zero-order chi connectivity index (χ0) is 25.6. The number of unbranched alkanes of at least 4 members (excludes halogenated alkanes) is 1. The van der Waals surface area contributed by atoms with Crippen molar-refractivity contribution in [3.05, 3.63) is 71.0 Å². The van der Waals surface area contributed by atoms with Gasteiger partial charge in [0.15, 0.2) is 0 Å². The van der Waals surface area contributed by atoms with Crippen molar-refractivity contribution in [1.29, 1.82) is 0 Å². The van der Waals surface area contributed by atoms with Gasteiger partial charge in [0.2, 0.25) is 0 Å². The molecule has 0 saturated carbocycles. The van der Waals surface area contributed by atoms with Crippen LogP contribution in [0.15, 0.2) is 53.4 Å². The van der Waals surface area contributed by atoms with Crippen molar-refractivity contribution in [2.75, 3.05) is 30.7 Å². The molecular weight excluding hydrogens is 484 g/mol. The molecule has 0 radical (unpaired) electrons. The van der Waals surface area contributed by atoms with Crippen LogP contribution in [0, 0.1) is 0 Å². The van der Waals surface area contributed by atoms with Crippen LogP contribution in [0.5, 0.6) is 0 Å². The summed E-state index contributed by atoms with van der Waals surface area (Å²) in [6.07, 6.45) is 13.4. The van der Waals surface area contributed by atoms with Crippen molar-refractivity contribution in [1.82, 2.24) is 15.3 Å². The second-order valence-corrected chi connectivity index (χ2v) is 11.9. The Hall–Kier alpha value is -2.63. The fraction of sp³-hybridized carbons (Fsp3) is 0.455. The van der Waals surface area contributed by atoms with E-state index in [-0.39, 0.29) is 0 Å². The second kappa shape index (κ2) is 12.5. The highest BCUT2D eigenvalue weighted by Gasteiger charge is 2.19. The maximum absolute atomic E-state index is 4.99. The van der Waals surface area contributed by atoms with Crippen molar-refractivity contribution in [2.24, 2.45) is 0 Å². The van der Waals surface area contributed by atoms with E-state index >= 15 is 0 Å². The van der Waals surface area contributed by atoms with Gasteiger partial charge in [-0.1, -0.05) is 36.4 Å². The van der Waals surface area contributed by atoms with E-state index in [0.29, 0.717) is 0 Å². The molecule has 0 amide bonds. The van der Waals surface area contributed by atoms with Crippen LogP contribution >= 0.6 is 11.8 Å². The minimum absolute atomic E-state index is 1.00. The van der Waals surface area contributed by atoms with E-state index in [1.807, 2.05) is 0 Å². The van der Waals surface area contributed by atoms with Crippen LogP contribution < -0.4 is 10.6 Å². The summed E-state index contributed by atoms with van der Waals surface area (Å²) in [7, 11) is 0. The van der Waals surface area contributed by atoms with Gasteiger partial charge in [-0.25, -0.2) is 0 Å². The summed E-state index contributed by atoms with van der Waals surface area (Å²) in [5, 5.41) is 10.1. The van der Waals surface area contributed by atoms with Gasteiger partial charge in [-0.2, -0.15) is 0 Å². The normalized spacial score (nSPS) is 14.9. The molecular formula is C33H40N4S. The fourth-order valence-electron chi connectivity index (χ4n) is 6.15. The van der Waals surface area contributed by atoms with Gasteiger partial charge in [-0.05, 0) is 113 Å². The van der Waals surface area contributed by atoms with Crippen molar-refractivity contribution >= 4 is 39.3 Å². The molecule has 0 fully saturated rings. The van der Waals surface area contributed by atoms with Gasteiger partial charge in [0, 0.05) is 39.3 Å². The lowest BCUT2D eigenvalue weighted by Crippen LogP contribution is -2.20. The summed E-state index contributed by atoms with van der Waals surface area (Å²) in [6, 6.07) is 17.3. The minimum atomic E-state index is 1.00. The molecule has 38 heavy (non-hydrogen) atoms. The number of nitrogens with one attached hydrogen (secondary N) is 2. The molecule has 5 heteroatoms. The number of hydrogen-bond acceptors (Lipinski definition) is 5. The number of para-hydroxylation sites is 2. The fourth-order valence-corrected chi connectivity index (χ4v) is 7.42. The van der Waals surface area contributed by atoms with Crippen molar-refractivity contribution < 1.29 is 0 Å². The highest BCUT2D eigenvalue weighted by atomic mass is 32.2. The molecule has 0 spiro atoms. The van der Waals surface area contributed by atoms with Crippen LogP contribution in [0.1, 0.15) is 67.5 Å². The molecule has 0 aliphatic heterocycles. The van der Waals surface area contributed by atoms with E-state index in [2.05, 4.69) is 70.9 Å². The van der Waals surface area contributed by atoms with Gasteiger partial charge in [-0.15, -0.1) is 11.8 Å². The Labute approximate surface area is 231 Å². The molecule has 0 bridgehead atoms. The van der Waals surface area contributed by atoms with Crippen LogP contribution in [-0.2, 0) is 25.7 Å². The zero-order valence-corrected chi connectivity index (χ0v) is 23.3. The Morgan fingerprint density at radius 3 is 2.08 bits per heavy atom. The number of benzene rings is 2. The molecule has 198 valence electrons. The third-order valence-corrected chi connectivity index (χ3v) is 9.36. The van der Waals surface area contributed by atoms with E-state index in [0.717, 1.165) is 50.8 Å². The summed E-state index contributed by atoms with van der Waals surface area (Å²) in [6.45, 7) is 3.17. The van der Waals surface area contributed by atoms with Crippen LogP contribution in [0.25, 0.3) is 21.8 Å². The van der Waals surface area contributed by atoms with Gasteiger partial charge in [0.05, 0.1) is 11.0 Å². The molecule has 4 aromatic rings. The molecule has 6 rings (SSSR count). The van der Waals surface area contributed by atoms with Crippen LogP contribution in [0.3, 0.4) is 0 Å². The van der Waals surface area contributed by atoms with Gasteiger partial charge in [-0.3, -0.25) is 9.97 Å². The van der Waals surface area contributed by atoms with Gasteiger partial charge < -0.3 is 10.6 Å². The molecule has 4 nitrogen and oxygen atoms in total. The molecule has 2 heterocycles. The number of aryl methyl sites for hydroxylation is 2. The number of anilines is 1. The number of fused-ring (bicyclic) bond motifs is 4. The molecule has 2 N–H and O–H groups in total. The van der Waals surface area contributed by atoms with Crippen molar-refractivity contribution in [2.45, 2.75) is 75.5 Å². The topological polar surface area (TPSA) is 49.8 Å². The van der Waals surface area contributed by atoms with Crippen LogP contribution in [0.4, 0.5) is 5.69 Å². The lowest BCUT2D eigenvalue weighted by atomic mass is 9.92. The number of hydrogen-bond donors (Lipinski definition) is 2. The van der Waals surface area contributed by atoms with Crippen LogP contribution in [0.2, 0.25) is 0 Å². The van der Waals surface area contributed by atoms with Crippen molar-refractivity contribution in [3.63, 3.8) is 0 Å². The van der Waals surface area contributed by atoms with Gasteiger partial charge in [0.1, 0.15) is 0 Å². The summed E-state index contributed by atoms with van der Waals surface area (Å²) in [5.74, 6) is 1.18. The Balaban J connectivity index is 0.943. The predicted molar refractivity (Wildman–Crippen MR) is 163 cm³/mol. The maximum Gasteiger partial charge on any atom is 0.0726 e. The number of aromatic nitrogens is 2. The van der Waals surface area contributed by atoms with E-state index in [9.17, 15) is 0 Å². The highest BCUT2D eigenvalue weighted by molar-refractivity contribution is 7.99. The maximum atomic E-state index is 4.99. The lowest BCUT2D eigenvalue weighted by Gasteiger charge is -2.21. The monoisotopic (exact) mass is 524 g/mol.